The van der Waals surface area contributed by atoms with Crippen LogP contribution in [-0.4, -0.2) is 46.7 Å². The van der Waals surface area contributed by atoms with Crippen LogP contribution >= 0.6 is 0 Å². The summed E-state index contributed by atoms with van der Waals surface area (Å²) >= 11 is 0. The molecule has 1 aliphatic heterocycles. The van der Waals surface area contributed by atoms with Crippen molar-refractivity contribution < 1.29 is 17.6 Å². The van der Waals surface area contributed by atoms with E-state index < -0.39 is 9.84 Å². The van der Waals surface area contributed by atoms with Gasteiger partial charge in [-0.3, -0.25) is 14.8 Å². The second-order valence-corrected chi connectivity index (χ2v) is 8.56. The van der Waals surface area contributed by atoms with E-state index in [1.54, 1.807) is 47.6 Å². The number of fused-ring (bicyclic) bond motifs is 1. The van der Waals surface area contributed by atoms with Crippen LogP contribution in [-0.2, 0) is 16.4 Å². The van der Waals surface area contributed by atoms with Gasteiger partial charge < -0.3 is 9.32 Å². The number of rotatable bonds is 4. The first kappa shape index (κ1) is 16.7. The third kappa shape index (κ3) is 3.32. The Balaban J connectivity index is 1.68. The lowest BCUT2D eigenvalue weighted by Gasteiger charge is -2.27. The molecule has 1 fully saturated rings. The van der Waals surface area contributed by atoms with Gasteiger partial charge in [-0.05, 0) is 36.8 Å². The number of carbonyl (C=O) groups is 1. The number of hydrogen-bond acceptors (Lipinski definition) is 6. The van der Waals surface area contributed by atoms with Crippen molar-refractivity contribution in [2.24, 2.45) is 0 Å². The lowest BCUT2D eigenvalue weighted by Crippen LogP contribution is -2.40. The van der Waals surface area contributed by atoms with Crippen molar-refractivity contribution in [3.05, 3.63) is 60.3 Å². The molecule has 1 atom stereocenters. The van der Waals surface area contributed by atoms with E-state index in [9.17, 15) is 13.2 Å². The maximum atomic E-state index is 13.2. The lowest BCUT2D eigenvalue weighted by molar-refractivity contribution is 0.0666. The average Bonchev–Trinajstić information content (AvgIpc) is 3.27. The molecule has 7 nitrogen and oxygen atoms in total. The maximum absolute atomic E-state index is 13.2. The zero-order valence-electron chi connectivity index (χ0n) is 13.9. The summed E-state index contributed by atoms with van der Waals surface area (Å²) in [6.07, 6.45) is 5.13. The summed E-state index contributed by atoms with van der Waals surface area (Å²) in [7, 11) is -3.12. The first-order valence-electron chi connectivity index (χ1n) is 8.26. The maximum Gasteiger partial charge on any atom is 0.254 e. The summed E-state index contributed by atoms with van der Waals surface area (Å²) in [6, 6.07) is 8.27. The summed E-state index contributed by atoms with van der Waals surface area (Å²) in [5.74, 6) is 0.453. The molecule has 1 aromatic carbocycles. The monoisotopic (exact) mass is 371 g/mol. The molecule has 4 rings (SSSR count). The van der Waals surface area contributed by atoms with Crippen molar-refractivity contribution in [3.63, 3.8) is 0 Å². The Labute approximate surface area is 150 Å². The number of benzene rings is 1. The smallest absolute Gasteiger partial charge is 0.254 e. The van der Waals surface area contributed by atoms with E-state index in [1.165, 1.54) is 6.26 Å². The van der Waals surface area contributed by atoms with Crippen LogP contribution in [0.4, 0.5) is 0 Å². The van der Waals surface area contributed by atoms with Crippen LogP contribution in [0.3, 0.4) is 0 Å². The van der Waals surface area contributed by atoms with Gasteiger partial charge in [0, 0.05) is 24.0 Å². The Morgan fingerprint density at radius 3 is 2.69 bits per heavy atom. The van der Waals surface area contributed by atoms with Gasteiger partial charge in [-0.25, -0.2) is 8.42 Å². The van der Waals surface area contributed by atoms with Gasteiger partial charge in [0.1, 0.15) is 5.76 Å². The van der Waals surface area contributed by atoms with Crippen molar-refractivity contribution in [1.82, 2.24) is 14.9 Å². The molecule has 8 heteroatoms. The van der Waals surface area contributed by atoms with Gasteiger partial charge in [-0.15, -0.1) is 0 Å². The van der Waals surface area contributed by atoms with Crippen molar-refractivity contribution in [3.8, 4) is 0 Å². The number of sulfone groups is 1. The number of nitrogens with zero attached hydrogens (tertiary/aromatic N) is 3. The minimum atomic E-state index is -3.12. The predicted octanol–water partition coefficient (Wildman–Crippen LogP) is 2.05. The summed E-state index contributed by atoms with van der Waals surface area (Å²) in [5.41, 5.74) is 1.77. The number of furan rings is 1. The Bertz CT molecular complexity index is 1050. The highest BCUT2D eigenvalue weighted by Crippen LogP contribution is 2.23. The first-order chi connectivity index (χ1) is 12.5. The molecule has 1 unspecified atom stereocenters. The highest BCUT2D eigenvalue weighted by atomic mass is 32.2. The molecule has 0 aliphatic carbocycles. The van der Waals surface area contributed by atoms with E-state index >= 15 is 0 Å². The Morgan fingerprint density at radius 1 is 1.19 bits per heavy atom. The fourth-order valence-corrected chi connectivity index (χ4v) is 4.95. The number of hydrogen-bond donors (Lipinski definition) is 0. The third-order valence-corrected chi connectivity index (χ3v) is 6.28. The summed E-state index contributed by atoms with van der Waals surface area (Å²) in [6.45, 7) is 0.227. The highest BCUT2D eigenvalue weighted by Gasteiger charge is 2.35. The number of carbonyl (C=O) groups excluding carboxylic acids is 1. The minimum Gasteiger partial charge on any atom is -0.467 e. The van der Waals surface area contributed by atoms with E-state index in [-0.39, 0.29) is 30.0 Å². The van der Waals surface area contributed by atoms with Gasteiger partial charge in [0.05, 0.1) is 35.3 Å². The second kappa shape index (κ2) is 6.53. The first-order valence-corrected chi connectivity index (χ1v) is 10.1. The Hall–Kier alpha value is -2.74. The summed E-state index contributed by atoms with van der Waals surface area (Å²) in [5, 5.41) is 0. The molecule has 0 bridgehead atoms. The molecule has 2 aromatic heterocycles. The quantitative estimate of drug-likeness (QED) is 0.697. The Kier molecular flexibility index (Phi) is 4.20. The van der Waals surface area contributed by atoms with Crippen LogP contribution in [0.25, 0.3) is 11.0 Å². The SMILES string of the molecule is O=C(c1ccc2nccnc2c1)N(Cc1ccco1)C1CCS(=O)(=O)C1. The standard InChI is InChI=1S/C18H17N3O4S/c22-18(13-3-4-16-17(10-13)20-7-6-19-16)21(11-15-2-1-8-25-15)14-5-9-26(23,24)12-14/h1-4,6-8,10,14H,5,9,11-12H2. The van der Waals surface area contributed by atoms with Crippen LogP contribution < -0.4 is 0 Å². The zero-order chi connectivity index (χ0) is 18.1. The van der Waals surface area contributed by atoms with Gasteiger partial charge in [-0.1, -0.05) is 0 Å². The predicted molar refractivity (Wildman–Crippen MR) is 95.2 cm³/mol. The molecule has 1 saturated heterocycles. The van der Waals surface area contributed by atoms with Crippen molar-refractivity contribution in [2.45, 2.75) is 19.0 Å². The van der Waals surface area contributed by atoms with E-state index in [0.29, 0.717) is 28.8 Å². The molecule has 1 aliphatic rings. The topological polar surface area (TPSA) is 93.4 Å². The van der Waals surface area contributed by atoms with Crippen LogP contribution in [0.15, 0.2) is 53.4 Å². The van der Waals surface area contributed by atoms with Gasteiger partial charge in [0.15, 0.2) is 9.84 Å². The summed E-state index contributed by atoms with van der Waals surface area (Å²) < 4.78 is 29.2. The molecule has 134 valence electrons. The molecule has 3 heterocycles. The molecule has 0 N–H and O–H groups in total. The largest absolute Gasteiger partial charge is 0.467 e. The van der Waals surface area contributed by atoms with E-state index in [4.69, 9.17) is 4.42 Å². The van der Waals surface area contributed by atoms with Gasteiger partial charge in [0.2, 0.25) is 0 Å². The molecular weight excluding hydrogens is 354 g/mol. The van der Waals surface area contributed by atoms with E-state index in [1.807, 2.05) is 0 Å². The average molecular weight is 371 g/mol. The van der Waals surface area contributed by atoms with Crippen LogP contribution in [0, 0.1) is 0 Å². The highest BCUT2D eigenvalue weighted by molar-refractivity contribution is 7.91. The van der Waals surface area contributed by atoms with Gasteiger partial charge >= 0.3 is 0 Å². The summed E-state index contributed by atoms with van der Waals surface area (Å²) in [4.78, 5) is 23.2. The molecule has 0 spiro atoms. The van der Waals surface area contributed by atoms with Crippen LogP contribution in [0.2, 0.25) is 0 Å². The Morgan fingerprint density at radius 2 is 2.00 bits per heavy atom. The molecule has 3 aromatic rings. The molecular formula is C18H17N3O4S. The van der Waals surface area contributed by atoms with E-state index in [2.05, 4.69) is 9.97 Å². The van der Waals surface area contributed by atoms with Gasteiger partial charge in [0.25, 0.3) is 5.91 Å². The van der Waals surface area contributed by atoms with Crippen LogP contribution in [0.1, 0.15) is 22.5 Å². The fraction of sp³-hybridized carbons (Fsp3) is 0.278. The number of amides is 1. The minimum absolute atomic E-state index is 0.0210. The normalized spacial score (nSPS) is 18.8. The number of aromatic nitrogens is 2. The van der Waals surface area contributed by atoms with Crippen molar-refractivity contribution >= 4 is 26.8 Å². The zero-order valence-corrected chi connectivity index (χ0v) is 14.7. The molecule has 26 heavy (non-hydrogen) atoms. The fourth-order valence-electron chi connectivity index (χ4n) is 3.22. The molecule has 0 saturated carbocycles. The second-order valence-electron chi connectivity index (χ2n) is 6.33. The van der Waals surface area contributed by atoms with E-state index in [0.717, 1.165) is 0 Å². The molecule has 1 amide bonds. The molecule has 0 radical (unpaired) electrons. The third-order valence-electron chi connectivity index (χ3n) is 4.53. The lowest BCUT2D eigenvalue weighted by atomic mass is 10.1. The van der Waals surface area contributed by atoms with Crippen molar-refractivity contribution in [2.75, 3.05) is 11.5 Å². The van der Waals surface area contributed by atoms with Gasteiger partial charge in [-0.2, -0.15) is 0 Å². The van der Waals surface area contributed by atoms with Crippen LogP contribution in [0.5, 0.6) is 0 Å². The van der Waals surface area contributed by atoms with Crippen molar-refractivity contribution in [1.29, 1.82) is 0 Å².